The minimum Gasteiger partial charge on any atom is -0.266 e. The molecule has 0 spiro atoms. The summed E-state index contributed by atoms with van der Waals surface area (Å²) >= 11 is 5.94. The van der Waals surface area contributed by atoms with E-state index in [0.717, 1.165) is 11.1 Å². The first-order valence-electron chi connectivity index (χ1n) is 9.06. The third-order valence-electron chi connectivity index (χ3n) is 4.43. The highest BCUT2D eigenvalue weighted by Crippen LogP contribution is 2.20. The summed E-state index contributed by atoms with van der Waals surface area (Å²) in [5, 5.41) is 5.58. The van der Waals surface area contributed by atoms with E-state index in [1.807, 2.05) is 24.3 Å². The van der Waals surface area contributed by atoms with Crippen molar-refractivity contribution < 1.29 is 13.2 Å². The zero-order valence-corrected chi connectivity index (χ0v) is 17.3. The summed E-state index contributed by atoms with van der Waals surface area (Å²) in [7, 11) is -3.93. The Hall–Kier alpha value is -3.23. The zero-order chi connectivity index (χ0) is 21.1. The van der Waals surface area contributed by atoms with Gasteiger partial charge in [-0.3, -0.25) is 14.5 Å². The number of rotatable bonds is 6. The van der Waals surface area contributed by atoms with Gasteiger partial charge in [0.1, 0.15) is 5.75 Å². The van der Waals surface area contributed by atoms with Crippen LogP contribution in [0.25, 0.3) is 10.9 Å². The van der Waals surface area contributed by atoms with E-state index < -0.39 is 21.7 Å². The maximum Gasteiger partial charge on any atom is 0.285 e. The molecule has 4 aromatic rings. The molecule has 152 valence electrons. The van der Waals surface area contributed by atoms with Crippen molar-refractivity contribution in [3.8, 4) is 0 Å². The van der Waals surface area contributed by atoms with Gasteiger partial charge in [-0.1, -0.05) is 48.0 Å². The van der Waals surface area contributed by atoms with Gasteiger partial charge in [-0.2, -0.15) is 5.10 Å². The van der Waals surface area contributed by atoms with Crippen LogP contribution in [0.3, 0.4) is 0 Å². The van der Waals surface area contributed by atoms with Gasteiger partial charge in [0.2, 0.25) is 10.0 Å². The summed E-state index contributed by atoms with van der Waals surface area (Å²) in [6.45, 7) is 0.408. The summed E-state index contributed by atoms with van der Waals surface area (Å²) in [6, 6.07) is 19.4. The number of sulfonamides is 1. The smallest absolute Gasteiger partial charge is 0.266 e. The molecular formula is C21H17ClN4O3S. The van der Waals surface area contributed by atoms with E-state index in [4.69, 9.17) is 11.6 Å². The van der Waals surface area contributed by atoms with Crippen molar-refractivity contribution in [2.75, 3.05) is 0 Å². The average molecular weight is 441 g/mol. The first kappa shape index (κ1) is 20.1. The number of aromatic nitrogens is 3. The molecule has 0 bridgehead atoms. The van der Waals surface area contributed by atoms with Crippen molar-refractivity contribution in [1.29, 1.82) is 0 Å². The van der Waals surface area contributed by atoms with Crippen LogP contribution >= 0.6 is 11.6 Å². The van der Waals surface area contributed by atoms with E-state index in [1.54, 1.807) is 47.1 Å². The van der Waals surface area contributed by atoms with E-state index in [-0.39, 0.29) is 5.69 Å². The second kappa shape index (κ2) is 8.25. The first-order valence-corrected chi connectivity index (χ1v) is 11.1. The Morgan fingerprint density at radius 2 is 1.73 bits per heavy atom. The quantitative estimate of drug-likeness (QED) is 0.496. The van der Waals surface area contributed by atoms with E-state index in [0.29, 0.717) is 22.6 Å². The standard InChI is InChI=1S/C21H17ClN4O3S/c22-16-10-8-15(9-11-16)13-26-19-7-2-1-6-18(19)20(24-26)21(27)25-30(28,29)14-17-5-3-4-12-23-17/h1-12H,13-14H2,(H,25,27). The summed E-state index contributed by atoms with van der Waals surface area (Å²) in [6.07, 6.45) is 1.50. The van der Waals surface area contributed by atoms with Gasteiger partial charge in [0, 0.05) is 16.6 Å². The minimum atomic E-state index is -3.93. The number of carbonyl (C=O) groups excluding carboxylic acids is 1. The second-order valence-corrected chi connectivity index (χ2v) is 8.82. The van der Waals surface area contributed by atoms with Crippen LogP contribution in [0.2, 0.25) is 5.02 Å². The van der Waals surface area contributed by atoms with Crippen LogP contribution in [-0.2, 0) is 22.3 Å². The molecule has 9 heteroatoms. The molecule has 0 atom stereocenters. The number of fused-ring (bicyclic) bond motifs is 1. The fourth-order valence-corrected chi connectivity index (χ4v) is 4.22. The Labute approximate surface area is 178 Å². The minimum absolute atomic E-state index is 0.0455. The van der Waals surface area contributed by atoms with Gasteiger partial charge >= 0.3 is 0 Å². The molecule has 0 saturated heterocycles. The lowest BCUT2D eigenvalue weighted by molar-refractivity contribution is 0.0977. The Morgan fingerprint density at radius 3 is 2.47 bits per heavy atom. The van der Waals surface area contributed by atoms with Crippen LogP contribution in [-0.4, -0.2) is 29.1 Å². The number of benzene rings is 2. The Morgan fingerprint density at radius 1 is 1.00 bits per heavy atom. The largest absolute Gasteiger partial charge is 0.285 e. The lowest BCUT2D eigenvalue weighted by Gasteiger charge is -2.05. The Kier molecular flexibility index (Phi) is 5.52. The monoisotopic (exact) mass is 440 g/mol. The van der Waals surface area contributed by atoms with Gasteiger partial charge in [-0.15, -0.1) is 0 Å². The molecule has 4 rings (SSSR count). The van der Waals surface area contributed by atoms with Gasteiger partial charge in [0.25, 0.3) is 5.91 Å². The molecule has 0 radical (unpaired) electrons. The Bertz CT molecular complexity index is 1300. The maximum absolute atomic E-state index is 12.8. The van der Waals surface area contributed by atoms with E-state index in [1.165, 1.54) is 6.20 Å². The van der Waals surface area contributed by atoms with Crippen molar-refractivity contribution in [2.45, 2.75) is 12.3 Å². The van der Waals surface area contributed by atoms with Crippen molar-refractivity contribution in [3.05, 3.63) is 94.9 Å². The highest BCUT2D eigenvalue weighted by molar-refractivity contribution is 7.89. The number of nitrogens with zero attached hydrogens (tertiary/aromatic N) is 3. The lowest BCUT2D eigenvalue weighted by atomic mass is 10.2. The molecule has 7 nitrogen and oxygen atoms in total. The van der Waals surface area contributed by atoms with Gasteiger partial charge in [-0.25, -0.2) is 13.1 Å². The molecule has 0 unspecified atom stereocenters. The second-order valence-electron chi connectivity index (χ2n) is 6.66. The molecule has 1 N–H and O–H groups in total. The molecular weight excluding hydrogens is 424 g/mol. The number of nitrogens with one attached hydrogen (secondary N) is 1. The summed E-state index contributed by atoms with van der Waals surface area (Å²) in [5.74, 6) is -1.18. The molecule has 0 fully saturated rings. The van der Waals surface area contributed by atoms with Gasteiger partial charge in [-0.05, 0) is 35.9 Å². The van der Waals surface area contributed by atoms with E-state index >= 15 is 0 Å². The third kappa shape index (κ3) is 4.50. The van der Waals surface area contributed by atoms with Crippen molar-refractivity contribution in [3.63, 3.8) is 0 Å². The summed E-state index contributed by atoms with van der Waals surface area (Å²) in [5.41, 5.74) is 2.06. The van der Waals surface area contributed by atoms with E-state index in [9.17, 15) is 13.2 Å². The summed E-state index contributed by atoms with van der Waals surface area (Å²) in [4.78, 5) is 16.8. The van der Waals surface area contributed by atoms with Crippen LogP contribution in [0.5, 0.6) is 0 Å². The van der Waals surface area contributed by atoms with Crippen LogP contribution < -0.4 is 4.72 Å². The molecule has 2 aromatic heterocycles. The van der Waals surface area contributed by atoms with Crippen LogP contribution in [0.4, 0.5) is 0 Å². The number of amides is 1. The number of pyridine rings is 1. The molecule has 0 aliphatic rings. The van der Waals surface area contributed by atoms with Gasteiger partial charge in [0.15, 0.2) is 5.69 Å². The van der Waals surface area contributed by atoms with Gasteiger partial charge in [0.05, 0.1) is 17.8 Å². The highest BCUT2D eigenvalue weighted by atomic mass is 35.5. The topological polar surface area (TPSA) is 93.9 Å². The number of hydrogen-bond acceptors (Lipinski definition) is 5. The number of hydrogen-bond donors (Lipinski definition) is 1. The first-order chi connectivity index (χ1) is 14.4. The fourth-order valence-electron chi connectivity index (χ4n) is 3.08. The highest BCUT2D eigenvalue weighted by Gasteiger charge is 2.22. The molecule has 2 heterocycles. The van der Waals surface area contributed by atoms with Crippen molar-refractivity contribution in [2.24, 2.45) is 0 Å². The Balaban J connectivity index is 1.62. The normalized spacial score (nSPS) is 11.5. The molecule has 30 heavy (non-hydrogen) atoms. The molecule has 0 saturated carbocycles. The predicted molar refractivity (Wildman–Crippen MR) is 115 cm³/mol. The number of carbonyl (C=O) groups is 1. The molecule has 0 aliphatic heterocycles. The maximum atomic E-state index is 12.8. The predicted octanol–water partition coefficient (Wildman–Crippen LogP) is 3.39. The van der Waals surface area contributed by atoms with Crippen LogP contribution in [0.1, 0.15) is 21.7 Å². The SMILES string of the molecule is O=C(NS(=O)(=O)Cc1ccccn1)c1nn(Cc2ccc(Cl)cc2)c2ccccc12. The van der Waals surface area contributed by atoms with Crippen LogP contribution in [0, 0.1) is 0 Å². The number of halogens is 1. The van der Waals surface area contributed by atoms with Crippen LogP contribution in [0.15, 0.2) is 72.9 Å². The van der Waals surface area contributed by atoms with E-state index in [2.05, 4.69) is 14.8 Å². The lowest BCUT2D eigenvalue weighted by Crippen LogP contribution is -2.32. The fraction of sp³-hybridized carbons (Fsp3) is 0.0952. The van der Waals surface area contributed by atoms with Crippen molar-refractivity contribution in [1.82, 2.24) is 19.5 Å². The summed E-state index contributed by atoms with van der Waals surface area (Å²) < 4.78 is 28.6. The third-order valence-corrected chi connectivity index (χ3v) is 5.86. The molecule has 2 aromatic carbocycles. The molecule has 1 amide bonds. The molecule has 0 aliphatic carbocycles. The average Bonchev–Trinajstić information content (AvgIpc) is 3.08. The number of para-hydroxylation sites is 1. The zero-order valence-electron chi connectivity index (χ0n) is 15.7. The van der Waals surface area contributed by atoms with Crippen molar-refractivity contribution >= 4 is 38.4 Å². The van der Waals surface area contributed by atoms with Gasteiger partial charge < -0.3 is 0 Å².